The molecule has 0 fully saturated rings. The molecule has 3 aromatic rings. The molecule has 0 aliphatic heterocycles. The fraction of sp³-hybridized carbons (Fsp3) is 0.389. The molecule has 1 aromatic carbocycles. The molecule has 0 saturated heterocycles. The van der Waals surface area contributed by atoms with Gasteiger partial charge in [-0.05, 0) is 62.4 Å². The number of halogens is 1. The lowest BCUT2D eigenvalue weighted by molar-refractivity contribution is 0.662. The predicted octanol–water partition coefficient (Wildman–Crippen LogP) is 3.97. The topological polar surface area (TPSA) is 46.8 Å². The molecule has 0 saturated carbocycles. The number of anilines is 2. The van der Waals surface area contributed by atoms with Crippen molar-refractivity contribution in [3.63, 3.8) is 0 Å². The van der Waals surface area contributed by atoms with E-state index in [1.165, 1.54) is 29.5 Å². The fourth-order valence-electron chi connectivity index (χ4n) is 3.47. The largest absolute Gasteiger partial charge is 0.329 e. The van der Waals surface area contributed by atoms with Crippen LogP contribution in [0.1, 0.15) is 29.8 Å². The van der Waals surface area contributed by atoms with Gasteiger partial charge in [-0.3, -0.25) is 4.68 Å². The highest BCUT2D eigenvalue weighted by molar-refractivity contribution is 6.28. The molecule has 0 atom stereocenters. The van der Waals surface area contributed by atoms with Gasteiger partial charge in [-0.15, -0.1) is 0 Å². The van der Waals surface area contributed by atoms with Gasteiger partial charge in [0.2, 0.25) is 5.28 Å². The van der Waals surface area contributed by atoms with Crippen LogP contribution < -0.4 is 4.90 Å². The number of aromatic nitrogens is 4. The van der Waals surface area contributed by atoms with Crippen molar-refractivity contribution in [3.05, 3.63) is 40.4 Å². The second-order valence-corrected chi connectivity index (χ2v) is 6.76. The van der Waals surface area contributed by atoms with Crippen LogP contribution in [-0.2, 0) is 19.9 Å². The van der Waals surface area contributed by atoms with E-state index in [9.17, 15) is 0 Å². The van der Waals surface area contributed by atoms with Crippen molar-refractivity contribution in [1.29, 1.82) is 0 Å². The van der Waals surface area contributed by atoms with Crippen molar-refractivity contribution in [3.8, 4) is 0 Å². The third-order valence-electron chi connectivity index (χ3n) is 4.95. The zero-order valence-electron chi connectivity index (χ0n) is 14.2. The van der Waals surface area contributed by atoms with Crippen molar-refractivity contribution < 1.29 is 0 Å². The second-order valence-electron chi connectivity index (χ2n) is 6.42. The SMILES string of the molecule is Cc1c2ccc(N(C)c3nc(Cl)nc4c3CCCC4)cc2nn1C. The summed E-state index contributed by atoms with van der Waals surface area (Å²) >= 11 is 6.17. The average Bonchev–Trinajstić information content (AvgIpc) is 2.87. The fourth-order valence-corrected chi connectivity index (χ4v) is 3.65. The van der Waals surface area contributed by atoms with E-state index in [0.717, 1.165) is 35.6 Å². The normalized spacial score (nSPS) is 14.0. The van der Waals surface area contributed by atoms with Crippen molar-refractivity contribution in [2.24, 2.45) is 7.05 Å². The molecular weight excluding hydrogens is 322 g/mol. The monoisotopic (exact) mass is 341 g/mol. The summed E-state index contributed by atoms with van der Waals surface area (Å²) in [6.07, 6.45) is 4.34. The first-order chi connectivity index (χ1) is 11.5. The number of hydrogen-bond donors (Lipinski definition) is 0. The van der Waals surface area contributed by atoms with Gasteiger partial charge in [0.15, 0.2) is 0 Å². The number of hydrogen-bond acceptors (Lipinski definition) is 4. The minimum atomic E-state index is 0.326. The standard InChI is InChI=1S/C18H20ClN5/c1-11-13-9-8-12(10-16(13)22-24(11)3)23(2)17-14-6-4-5-7-15(14)20-18(19)21-17/h8-10H,4-7H2,1-3H3. The van der Waals surface area contributed by atoms with Crippen LogP contribution in [0.3, 0.4) is 0 Å². The highest BCUT2D eigenvalue weighted by Crippen LogP contribution is 2.33. The predicted molar refractivity (Wildman–Crippen MR) is 97.2 cm³/mol. The van der Waals surface area contributed by atoms with Crippen LogP contribution in [0.4, 0.5) is 11.5 Å². The first-order valence-electron chi connectivity index (χ1n) is 8.27. The number of benzene rings is 1. The van der Waals surface area contributed by atoms with Crippen LogP contribution in [0.25, 0.3) is 10.9 Å². The Balaban J connectivity index is 1.81. The lowest BCUT2D eigenvalue weighted by Gasteiger charge is -2.25. The number of nitrogens with zero attached hydrogens (tertiary/aromatic N) is 5. The molecule has 24 heavy (non-hydrogen) atoms. The summed E-state index contributed by atoms with van der Waals surface area (Å²) in [5.41, 5.74) is 5.54. The number of rotatable bonds is 2. The van der Waals surface area contributed by atoms with E-state index in [1.807, 2.05) is 18.8 Å². The molecule has 2 aromatic heterocycles. The summed E-state index contributed by atoms with van der Waals surface area (Å²) in [7, 11) is 4.00. The highest BCUT2D eigenvalue weighted by Gasteiger charge is 2.21. The Bertz CT molecular complexity index is 931. The van der Waals surface area contributed by atoms with E-state index >= 15 is 0 Å². The number of fused-ring (bicyclic) bond motifs is 2. The van der Waals surface area contributed by atoms with E-state index in [-0.39, 0.29) is 0 Å². The summed E-state index contributed by atoms with van der Waals surface area (Å²) in [4.78, 5) is 11.0. The lowest BCUT2D eigenvalue weighted by atomic mass is 9.96. The van der Waals surface area contributed by atoms with Crippen LogP contribution in [0, 0.1) is 6.92 Å². The van der Waals surface area contributed by atoms with Crippen LogP contribution in [0.2, 0.25) is 5.28 Å². The first kappa shape index (κ1) is 15.4. The van der Waals surface area contributed by atoms with Gasteiger partial charge in [0.05, 0.1) is 11.2 Å². The molecular formula is C18H20ClN5. The Labute approximate surface area is 146 Å². The minimum absolute atomic E-state index is 0.326. The summed E-state index contributed by atoms with van der Waals surface area (Å²) in [6.45, 7) is 2.08. The Morgan fingerprint density at radius 1 is 1.17 bits per heavy atom. The molecule has 0 amide bonds. The molecule has 1 aliphatic carbocycles. The molecule has 6 heteroatoms. The molecule has 2 heterocycles. The maximum Gasteiger partial charge on any atom is 0.224 e. The van der Waals surface area contributed by atoms with Crippen LogP contribution in [0.15, 0.2) is 18.2 Å². The van der Waals surface area contributed by atoms with E-state index in [1.54, 1.807) is 0 Å². The Hall–Kier alpha value is -2.14. The summed E-state index contributed by atoms with van der Waals surface area (Å²) < 4.78 is 1.91. The van der Waals surface area contributed by atoms with E-state index < -0.39 is 0 Å². The van der Waals surface area contributed by atoms with Crippen molar-refractivity contribution >= 4 is 34.0 Å². The molecule has 0 bridgehead atoms. The molecule has 0 unspecified atom stereocenters. The molecule has 124 valence electrons. The Morgan fingerprint density at radius 3 is 2.79 bits per heavy atom. The second kappa shape index (κ2) is 5.74. The van der Waals surface area contributed by atoms with E-state index in [0.29, 0.717) is 5.28 Å². The minimum Gasteiger partial charge on any atom is -0.329 e. The zero-order valence-corrected chi connectivity index (χ0v) is 14.9. The van der Waals surface area contributed by atoms with Crippen LogP contribution in [0.5, 0.6) is 0 Å². The van der Waals surface area contributed by atoms with Crippen LogP contribution in [-0.4, -0.2) is 26.8 Å². The summed E-state index contributed by atoms with van der Waals surface area (Å²) in [5, 5.41) is 6.09. The van der Waals surface area contributed by atoms with Gasteiger partial charge < -0.3 is 4.90 Å². The quantitative estimate of drug-likeness (QED) is 0.662. The van der Waals surface area contributed by atoms with Gasteiger partial charge in [-0.2, -0.15) is 10.1 Å². The van der Waals surface area contributed by atoms with Gasteiger partial charge in [-0.1, -0.05) is 0 Å². The van der Waals surface area contributed by atoms with Gasteiger partial charge >= 0.3 is 0 Å². The van der Waals surface area contributed by atoms with Gasteiger partial charge in [0.1, 0.15) is 5.82 Å². The highest BCUT2D eigenvalue weighted by atomic mass is 35.5. The van der Waals surface area contributed by atoms with Gasteiger partial charge in [0, 0.05) is 36.4 Å². The smallest absolute Gasteiger partial charge is 0.224 e. The third kappa shape index (κ3) is 2.44. The molecule has 0 radical (unpaired) electrons. The molecule has 5 nitrogen and oxygen atoms in total. The molecule has 4 rings (SSSR count). The first-order valence-corrected chi connectivity index (χ1v) is 8.65. The van der Waals surface area contributed by atoms with Crippen molar-refractivity contribution in [2.75, 3.05) is 11.9 Å². The Kier molecular flexibility index (Phi) is 3.68. The lowest BCUT2D eigenvalue weighted by Crippen LogP contribution is -2.18. The van der Waals surface area contributed by atoms with Crippen molar-refractivity contribution in [2.45, 2.75) is 32.6 Å². The molecule has 0 spiro atoms. The maximum absolute atomic E-state index is 6.17. The van der Waals surface area contributed by atoms with Crippen molar-refractivity contribution in [1.82, 2.24) is 19.7 Å². The third-order valence-corrected chi connectivity index (χ3v) is 5.12. The van der Waals surface area contributed by atoms with Gasteiger partial charge in [0.25, 0.3) is 0 Å². The van der Waals surface area contributed by atoms with Gasteiger partial charge in [-0.25, -0.2) is 4.98 Å². The average molecular weight is 342 g/mol. The maximum atomic E-state index is 6.17. The van der Waals surface area contributed by atoms with E-state index in [4.69, 9.17) is 11.6 Å². The zero-order chi connectivity index (χ0) is 16.8. The summed E-state index contributed by atoms with van der Waals surface area (Å²) in [6, 6.07) is 6.34. The van der Waals surface area contributed by atoms with E-state index in [2.05, 4.69) is 45.1 Å². The molecule has 0 N–H and O–H groups in total. The Morgan fingerprint density at radius 2 is 1.96 bits per heavy atom. The molecule has 1 aliphatic rings. The van der Waals surface area contributed by atoms with Crippen LogP contribution >= 0.6 is 11.6 Å². The summed E-state index contributed by atoms with van der Waals surface area (Å²) in [5.74, 6) is 0.914. The number of aryl methyl sites for hydroxylation is 3.